The van der Waals surface area contributed by atoms with E-state index in [1.54, 1.807) is 11.9 Å². The lowest BCUT2D eigenvalue weighted by Gasteiger charge is -2.20. The maximum atomic E-state index is 14.7. The van der Waals surface area contributed by atoms with E-state index in [-0.39, 0.29) is 12.1 Å². The Morgan fingerprint density at radius 3 is 2.69 bits per heavy atom. The Balaban J connectivity index is 1.92. The molecular weight excluding hydrogens is 338 g/mol. The molecule has 134 valence electrons. The van der Waals surface area contributed by atoms with Crippen LogP contribution in [0.5, 0.6) is 0 Å². The van der Waals surface area contributed by atoms with Gasteiger partial charge in [0.25, 0.3) is 0 Å². The van der Waals surface area contributed by atoms with Crippen molar-refractivity contribution in [1.82, 2.24) is 25.6 Å². The summed E-state index contributed by atoms with van der Waals surface area (Å²) < 4.78 is 29.4. The van der Waals surface area contributed by atoms with E-state index in [0.29, 0.717) is 17.8 Å². The molecule has 1 aliphatic heterocycles. The fraction of sp³-hybridized carbons (Fsp3) is 0.222. The van der Waals surface area contributed by atoms with Gasteiger partial charge in [-0.05, 0) is 28.5 Å². The Kier molecular flexibility index (Phi) is 5.01. The highest BCUT2D eigenvalue weighted by atomic mass is 19.3. The van der Waals surface area contributed by atoms with E-state index in [0.717, 1.165) is 5.56 Å². The summed E-state index contributed by atoms with van der Waals surface area (Å²) in [6.45, 7) is 6.39. The van der Waals surface area contributed by atoms with Gasteiger partial charge >= 0.3 is 5.92 Å². The molecule has 0 atom stereocenters. The number of rotatable bonds is 4. The van der Waals surface area contributed by atoms with Crippen LogP contribution in [0.3, 0.4) is 0 Å². The van der Waals surface area contributed by atoms with Crippen molar-refractivity contribution in [2.45, 2.75) is 19.4 Å². The van der Waals surface area contributed by atoms with Gasteiger partial charge in [-0.3, -0.25) is 5.01 Å². The lowest BCUT2D eigenvalue weighted by atomic mass is 10.1. The fourth-order valence-corrected chi connectivity index (χ4v) is 2.46. The Morgan fingerprint density at radius 2 is 2.00 bits per heavy atom. The van der Waals surface area contributed by atoms with Gasteiger partial charge in [-0.25, -0.2) is 5.10 Å². The number of halogens is 2. The summed E-state index contributed by atoms with van der Waals surface area (Å²) in [7, 11) is 0. The second kappa shape index (κ2) is 7.38. The number of hydrogen-bond acceptors (Lipinski definition) is 5. The Morgan fingerprint density at radius 1 is 1.23 bits per heavy atom. The largest absolute Gasteiger partial charge is 0.332 e. The van der Waals surface area contributed by atoms with Crippen LogP contribution in [0.25, 0.3) is 0 Å². The molecule has 26 heavy (non-hydrogen) atoms. The molecule has 0 fully saturated rings. The summed E-state index contributed by atoms with van der Waals surface area (Å²) in [6.07, 6.45) is 4.28. The Labute approximate surface area is 149 Å². The van der Waals surface area contributed by atoms with E-state index >= 15 is 0 Å². The molecule has 0 amide bonds. The molecule has 1 aliphatic rings. The molecular formula is C18H18F2N6. The van der Waals surface area contributed by atoms with Crippen LogP contribution < -0.4 is 0 Å². The van der Waals surface area contributed by atoms with Crippen LogP contribution in [0.2, 0.25) is 0 Å². The molecule has 0 saturated carbocycles. The van der Waals surface area contributed by atoms with E-state index in [2.05, 4.69) is 32.3 Å². The molecule has 6 nitrogen and oxygen atoms in total. The number of tetrazole rings is 1. The van der Waals surface area contributed by atoms with Gasteiger partial charge in [0.05, 0.1) is 18.8 Å². The highest BCUT2D eigenvalue weighted by Crippen LogP contribution is 2.34. The number of nitrogens with one attached hydrogen (secondary N) is 1. The van der Waals surface area contributed by atoms with Crippen molar-refractivity contribution < 1.29 is 8.78 Å². The predicted molar refractivity (Wildman–Crippen MR) is 94.4 cm³/mol. The summed E-state index contributed by atoms with van der Waals surface area (Å²) in [6, 6.07) is 9.70. The standard InChI is InChI=1S/C18H18F2N6/c1-13-8-9-16(18(19,20)17-21-24-25-22-17)10-11-26(23-14(13)2)12-15-6-4-3-5-7-15/h3-10H,1,11-12H2,2H3,(H,21,22,24,25)/b9-8-,16-10+,23-14-. The van der Waals surface area contributed by atoms with Gasteiger partial charge in [0.15, 0.2) is 0 Å². The molecule has 8 heteroatoms. The van der Waals surface area contributed by atoms with E-state index in [1.807, 2.05) is 30.3 Å². The third-order valence-corrected chi connectivity index (χ3v) is 3.96. The minimum atomic E-state index is -3.35. The topological polar surface area (TPSA) is 70.1 Å². The number of hydrogen-bond donors (Lipinski definition) is 1. The number of benzene rings is 1. The van der Waals surface area contributed by atoms with Crippen molar-refractivity contribution >= 4 is 5.71 Å². The van der Waals surface area contributed by atoms with E-state index in [1.165, 1.54) is 18.2 Å². The highest BCUT2D eigenvalue weighted by molar-refractivity contribution is 6.00. The van der Waals surface area contributed by atoms with Crippen LogP contribution in [0, 0.1) is 0 Å². The third-order valence-electron chi connectivity index (χ3n) is 3.96. The Bertz CT molecular complexity index is 853. The first kappa shape index (κ1) is 17.7. The van der Waals surface area contributed by atoms with E-state index in [9.17, 15) is 8.78 Å². The van der Waals surface area contributed by atoms with Gasteiger partial charge in [-0.1, -0.05) is 55.1 Å². The van der Waals surface area contributed by atoms with Crippen LogP contribution in [0.4, 0.5) is 8.78 Å². The van der Waals surface area contributed by atoms with Gasteiger partial charge < -0.3 is 0 Å². The molecule has 0 unspecified atom stereocenters. The molecule has 3 rings (SSSR count). The van der Waals surface area contributed by atoms with Crippen LogP contribution in [-0.2, 0) is 12.5 Å². The number of aromatic nitrogens is 4. The number of hydrazone groups is 1. The van der Waals surface area contributed by atoms with Crippen molar-refractivity contribution in [3.05, 3.63) is 77.7 Å². The SMILES string of the molecule is C=C1/C=C\C(C(F)(F)c2nnn[nH]2)=C/CN(Cc2ccccc2)/N=C\1C. The molecule has 0 radical (unpaired) electrons. The minimum absolute atomic E-state index is 0.205. The van der Waals surface area contributed by atoms with Crippen LogP contribution in [0.15, 0.2) is 71.4 Å². The second-order valence-electron chi connectivity index (χ2n) is 5.86. The summed E-state index contributed by atoms with van der Waals surface area (Å²) in [4.78, 5) is 0. The van der Waals surface area contributed by atoms with Crippen molar-refractivity contribution in [3.63, 3.8) is 0 Å². The molecule has 0 aliphatic carbocycles. The maximum Gasteiger partial charge on any atom is 0.332 e. The van der Waals surface area contributed by atoms with Crippen molar-refractivity contribution in [1.29, 1.82) is 0 Å². The molecule has 2 heterocycles. The summed E-state index contributed by atoms with van der Waals surface area (Å²) in [5.41, 5.74) is 2.03. The molecule has 1 aromatic carbocycles. The number of aromatic amines is 1. The first-order valence-corrected chi connectivity index (χ1v) is 8.01. The summed E-state index contributed by atoms with van der Waals surface area (Å²) in [5, 5.41) is 18.2. The number of allylic oxidation sites excluding steroid dienone is 4. The fourth-order valence-electron chi connectivity index (χ4n) is 2.46. The molecule has 0 saturated heterocycles. The van der Waals surface area contributed by atoms with Crippen molar-refractivity contribution in [2.24, 2.45) is 5.10 Å². The van der Waals surface area contributed by atoms with Gasteiger partial charge in [-0.15, -0.1) is 5.10 Å². The lowest BCUT2D eigenvalue weighted by molar-refractivity contribution is 0.0314. The maximum absolute atomic E-state index is 14.7. The molecule has 1 N–H and O–H groups in total. The Hall–Kier alpha value is -3.16. The highest BCUT2D eigenvalue weighted by Gasteiger charge is 2.39. The average molecular weight is 356 g/mol. The second-order valence-corrected chi connectivity index (χ2v) is 5.86. The van der Waals surface area contributed by atoms with Gasteiger partial charge in [0, 0.05) is 5.57 Å². The zero-order chi connectivity index (χ0) is 18.6. The smallest absolute Gasteiger partial charge is 0.289 e. The number of nitrogens with zero attached hydrogens (tertiary/aromatic N) is 5. The first-order chi connectivity index (χ1) is 12.5. The van der Waals surface area contributed by atoms with Crippen LogP contribution >= 0.6 is 0 Å². The van der Waals surface area contributed by atoms with Gasteiger partial charge in [0.2, 0.25) is 5.82 Å². The van der Waals surface area contributed by atoms with Crippen LogP contribution in [0.1, 0.15) is 18.3 Å². The quantitative estimate of drug-likeness (QED) is 0.913. The van der Waals surface area contributed by atoms with Crippen LogP contribution in [-0.4, -0.2) is 37.9 Å². The summed E-state index contributed by atoms with van der Waals surface area (Å²) >= 11 is 0. The molecule has 1 aromatic heterocycles. The summed E-state index contributed by atoms with van der Waals surface area (Å²) in [5.74, 6) is -3.96. The van der Waals surface area contributed by atoms with E-state index in [4.69, 9.17) is 0 Å². The third kappa shape index (κ3) is 3.90. The molecule has 0 bridgehead atoms. The molecule has 2 aromatic rings. The van der Waals surface area contributed by atoms with E-state index < -0.39 is 11.7 Å². The average Bonchev–Trinajstić information content (AvgIpc) is 3.17. The zero-order valence-corrected chi connectivity index (χ0v) is 14.2. The first-order valence-electron chi connectivity index (χ1n) is 8.01. The lowest BCUT2D eigenvalue weighted by Crippen LogP contribution is -2.22. The monoisotopic (exact) mass is 356 g/mol. The normalized spacial score (nSPS) is 21.0. The number of H-pyrrole nitrogens is 1. The number of alkyl halides is 2. The predicted octanol–water partition coefficient (Wildman–Crippen LogP) is 3.22. The minimum Gasteiger partial charge on any atom is -0.289 e. The zero-order valence-electron chi connectivity index (χ0n) is 14.2. The van der Waals surface area contributed by atoms with Crippen molar-refractivity contribution in [3.8, 4) is 0 Å². The van der Waals surface area contributed by atoms with Gasteiger partial charge in [-0.2, -0.15) is 13.9 Å². The van der Waals surface area contributed by atoms with Gasteiger partial charge in [0.1, 0.15) is 0 Å². The van der Waals surface area contributed by atoms with Crippen molar-refractivity contribution in [2.75, 3.05) is 6.54 Å². The molecule has 0 spiro atoms.